The topological polar surface area (TPSA) is 44.8 Å². The molecule has 0 amide bonds. The van der Waals surface area contributed by atoms with Crippen molar-refractivity contribution in [2.24, 2.45) is 0 Å². The van der Waals surface area contributed by atoms with E-state index in [-0.39, 0.29) is 0 Å². The summed E-state index contributed by atoms with van der Waals surface area (Å²) in [7, 11) is 4.79. The lowest BCUT2D eigenvalue weighted by atomic mass is 10.1. The van der Waals surface area contributed by atoms with Gasteiger partial charge in [-0.3, -0.25) is 4.79 Å². The van der Waals surface area contributed by atoms with Gasteiger partial charge in [0.05, 0.1) is 31.8 Å². The molecule has 0 N–H and O–H groups in total. The van der Waals surface area contributed by atoms with Gasteiger partial charge >= 0.3 is 0 Å². The normalized spacial score (nSPS) is 10.6. The zero-order chi connectivity index (χ0) is 15.2. The molecular formula is C16H16O4S. The van der Waals surface area contributed by atoms with E-state index in [2.05, 4.69) is 0 Å². The van der Waals surface area contributed by atoms with Crippen molar-refractivity contribution < 1.29 is 19.0 Å². The van der Waals surface area contributed by atoms with Gasteiger partial charge in [-0.25, -0.2) is 0 Å². The first kappa shape index (κ1) is 15.1. The van der Waals surface area contributed by atoms with E-state index < -0.39 is 0 Å². The summed E-state index contributed by atoms with van der Waals surface area (Å²) in [5.74, 6) is 1.99. The summed E-state index contributed by atoms with van der Waals surface area (Å²) in [5, 5.41) is 0. The highest BCUT2D eigenvalue weighted by atomic mass is 32.1. The SMILES string of the molecule is COc1cc(OC)c(C=Cc2ccc(C=O)s2)c(OC)c1. The summed E-state index contributed by atoms with van der Waals surface area (Å²) < 4.78 is 16.0. The average molecular weight is 304 g/mol. The molecule has 1 heterocycles. The molecule has 0 unspecified atom stereocenters. The molecule has 1 aromatic carbocycles. The van der Waals surface area contributed by atoms with Gasteiger partial charge < -0.3 is 14.2 Å². The fraction of sp³-hybridized carbons (Fsp3) is 0.188. The fourth-order valence-corrected chi connectivity index (χ4v) is 2.61. The van der Waals surface area contributed by atoms with Crippen molar-refractivity contribution in [3.8, 4) is 17.2 Å². The first-order valence-corrected chi connectivity index (χ1v) is 7.06. The highest BCUT2D eigenvalue weighted by molar-refractivity contribution is 7.14. The number of carbonyl (C=O) groups excluding carboxylic acids is 1. The van der Waals surface area contributed by atoms with Gasteiger partial charge in [0.25, 0.3) is 0 Å². The summed E-state index contributed by atoms with van der Waals surface area (Å²) in [6.07, 6.45) is 4.67. The van der Waals surface area contributed by atoms with Crippen LogP contribution in [-0.2, 0) is 0 Å². The second kappa shape index (κ2) is 6.95. The molecule has 0 aliphatic carbocycles. The molecule has 0 saturated carbocycles. The second-order valence-corrected chi connectivity index (χ2v) is 5.28. The third-order valence-corrected chi connectivity index (χ3v) is 3.91. The van der Waals surface area contributed by atoms with Gasteiger partial charge in [0, 0.05) is 17.0 Å². The zero-order valence-electron chi connectivity index (χ0n) is 12.1. The zero-order valence-corrected chi connectivity index (χ0v) is 12.9. The van der Waals surface area contributed by atoms with Gasteiger partial charge in [0.15, 0.2) is 6.29 Å². The number of aldehydes is 1. The monoisotopic (exact) mass is 304 g/mol. The Kier molecular flexibility index (Phi) is 5.00. The minimum absolute atomic E-state index is 0.662. The summed E-state index contributed by atoms with van der Waals surface area (Å²) in [5.41, 5.74) is 0.821. The Balaban J connectivity index is 2.39. The van der Waals surface area contributed by atoms with Crippen LogP contribution in [0.3, 0.4) is 0 Å². The molecule has 0 fully saturated rings. The molecule has 0 atom stereocenters. The van der Waals surface area contributed by atoms with E-state index >= 15 is 0 Å². The Hall–Kier alpha value is -2.27. The molecule has 4 nitrogen and oxygen atoms in total. The molecule has 2 rings (SSSR count). The van der Waals surface area contributed by atoms with Crippen molar-refractivity contribution >= 4 is 29.8 Å². The second-order valence-electron chi connectivity index (χ2n) is 4.14. The smallest absolute Gasteiger partial charge is 0.160 e. The highest BCUT2D eigenvalue weighted by Crippen LogP contribution is 2.35. The summed E-state index contributed by atoms with van der Waals surface area (Å²) in [4.78, 5) is 12.4. The van der Waals surface area contributed by atoms with Crippen LogP contribution in [-0.4, -0.2) is 27.6 Å². The minimum Gasteiger partial charge on any atom is -0.496 e. The van der Waals surface area contributed by atoms with Gasteiger partial charge in [0.1, 0.15) is 17.2 Å². The number of benzene rings is 1. The first-order chi connectivity index (χ1) is 10.2. The van der Waals surface area contributed by atoms with Crippen LogP contribution in [0.5, 0.6) is 17.2 Å². The van der Waals surface area contributed by atoms with Crippen LogP contribution >= 0.6 is 11.3 Å². The number of carbonyl (C=O) groups is 1. The van der Waals surface area contributed by atoms with E-state index in [1.165, 1.54) is 11.3 Å². The van der Waals surface area contributed by atoms with E-state index in [0.717, 1.165) is 16.7 Å². The maximum absolute atomic E-state index is 10.7. The summed E-state index contributed by atoms with van der Waals surface area (Å²) in [6, 6.07) is 7.29. The van der Waals surface area contributed by atoms with E-state index in [4.69, 9.17) is 14.2 Å². The van der Waals surface area contributed by atoms with Gasteiger partial charge in [-0.2, -0.15) is 0 Å². The largest absolute Gasteiger partial charge is 0.496 e. The van der Waals surface area contributed by atoms with Crippen molar-refractivity contribution in [3.05, 3.63) is 39.6 Å². The predicted octanol–water partition coefficient (Wildman–Crippen LogP) is 3.76. The minimum atomic E-state index is 0.662. The molecule has 2 aromatic rings. The molecule has 1 aromatic heterocycles. The van der Waals surface area contributed by atoms with Gasteiger partial charge in [0.2, 0.25) is 0 Å². The maximum atomic E-state index is 10.7. The number of methoxy groups -OCH3 is 3. The number of hydrogen-bond acceptors (Lipinski definition) is 5. The van der Waals surface area contributed by atoms with E-state index in [1.54, 1.807) is 39.5 Å². The van der Waals surface area contributed by atoms with Crippen LogP contribution in [0, 0.1) is 0 Å². The van der Waals surface area contributed by atoms with Gasteiger partial charge in [-0.15, -0.1) is 11.3 Å². The average Bonchev–Trinajstić information content (AvgIpc) is 2.99. The predicted molar refractivity (Wildman–Crippen MR) is 84.7 cm³/mol. The molecule has 0 aliphatic rings. The van der Waals surface area contributed by atoms with Crippen molar-refractivity contribution in [2.75, 3.05) is 21.3 Å². The lowest BCUT2D eigenvalue weighted by molar-refractivity contribution is 0.112. The van der Waals surface area contributed by atoms with Crippen molar-refractivity contribution in [1.82, 2.24) is 0 Å². The Morgan fingerprint density at radius 3 is 2.00 bits per heavy atom. The number of thiophene rings is 1. The molecule has 0 saturated heterocycles. The third-order valence-electron chi connectivity index (χ3n) is 2.93. The molecule has 5 heteroatoms. The molecule has 0 radical (unpaired) electrons. The Bertz CT molecular complexity index is 633. The van der Waals surface area contributed by atoms with Crippen LogP contribution in [0.25, 0.3) is 12.2 Å². The lowest BCUT2D eigenvalue weighted by Crippen LogP contribution is -1.94. The molecule has 0 aliphatic heterocycles. The Morgan fingerprint density at radius 1 is 0.905 bits per heavy atom. The van der Waals surface area contributed by atoms with E-state index in [1.807, 2.05) is 18.2 Å². The Morgan fingerprint density at radius 2 is 1.52 bits per heavy atom. The van der Waals surface area contributed by atoms with Crippen molar-refractivity contribution in [1.29, 1.82) is 0 Å². The standard InChI is InChI=1S/C16H16O4S/c1-18-11-8-15(19-2)14(16(9-11)20-3)7-6-12-4-5-13(10-17)21-12/h4-10H,1-3H3. The van der Waals surface area contributed by atoms with Crippen LogP contribution in [0.4, 0.5) is 0 Å². The summed E-state index contributed by atoms with van der Waals surface area (Å²) >= 11 is 1.43. The van der Waals surface area contributed by atoms with Crippen LogP contribution in [0.1, 0.15) is 20.1 Å². The van der Waals surface area contributed by atoms with Crippen molar-refractivity contribution in [3.63, 3.8) is 0 Å². The van der Waals surface area contributed by atoms with E-state index in [9.17, 15) is 4.79 Å². The van der Waals surface area contributed by atoms with E-state index in [0.29, 0.717) is 22.1 Å². The van der Waals surface area contributed by atoms with Crippen molar-refractivity contribution in [2.45, 2.75) is 0 Å². The van der Waals surface area contributed by atoms with Gasteiger partial charge in [-0.1, -0.05) is 0 Å². The summed E-state index contributed by atoms with van der Waals surface area (Å²) in [6.45, 7) is 0. The first-order valence-electron chi connectivity index (χ1n) is 6.25. The lowest BCUT2D eigenvalue weighted by Gasteiger charge is -2.12. The quantitative estimate of drug-likeness (QED) is 0.762. The molecule has 110 valence electrons. The van der Waals surface area contributed by atoms with Crippen LogP contribution in [0.2, 0.25) is 0 Å². The third kappa shape index (κ3) is 3.44. The molecule has 21 heavy (non-hydrogen) atoms. The Labute approximate surface area is 127 Å². The van der Waals surface area contributed by atoms with Crippen LogP contribution in [0.15, 0.2) is 24.3 Å². The highest BCUT2D eigenvalue weighted by Gasteiger charge is 2.10. The maximum Gasteiger partial charge on any atom is 0.160 e. The molecular weight excluding hydrogens is 288 g/mol. The van der Waals surface area contributed by atoms with Gasteiger partial charge in [-0.05, 0) is 24.3 Å². The van der Waals surface area contributed by atoms with Crippen LogP contribution < -0.4 is 14.2 Å². The molecule has 0 bridgehead atoms. The number of rotatable bonds is 6. The number of ether oxygens (including phenoxy) is 3. The fourth-order valence-electron chi connectivity index (χ4n) is 1.88. The molecule has 0 spiro atoms. The number of hydrogen-bond donors (Lipinski definition) is 0.